The van der Waals surface area contributed by atoms with Crippen LogP contribution in [0.1, 0.15) is 32.0 Å². The second kappa shape index (κ2) is 7.61. The first-order chi connectivity index (χ1) is 12.9. The largest absolute Gasteiger partial charge is 0.496 e. The molecule has 2 heterocycles. The molecular formula is C19H22N4O4. The third-order valence-corrected chi connectivity index (χ3v) is 4.63. The van der Waals surface area contributed by atoms with E-state index in [1.807, 2.05) is 26.0 Å². The van der Waals surface area contributed by atoms with Crippen molar-refractivity contribution in [3.05, 3.63) is 57.0 Å². The van der Waals surface area contributed by atoms with Crippen molar-refractivity contribution in [2.75, 3.05) is 33.3 Å². The number of methoxy groups -OCH3 is 1. The molecule has 142 valence electrons. The number of aromatic amines is 1. The van der Waals surface area contributed by atoms with Gasteiger partial charge in [0.05, 0.1) is 12.7 Å². The lowest BCUT2D eigenvalue weighted by molar-refractivity contribution is 0.0529. The number of nitrogens with one attached hydrogen (secondary N) is 1. The number of aromatic nitrogens is 2. The summed E-state index contributed by atoms with van der Waals surface area (Å²) in [4.78, 5) is 39.9. The van der Waals surface area contributed by atoms with Gasteiger partial charge >= 0.3 is 0 Å². The number of benzene rings is 1. The Morgan fingerprint density at radius 1 is 1.04 bits per heavy atom. The monoisotopic (exact) mass is 370 g/mol. The third-order valence-electron chi connectivity index (χ3n) is 4.63. The molecule has 1 aliphatic rings. The molecule has 0 bridgehead atoms. The number of H-pyrrole nitrogens is 1. The van der Waals surface area contributed by atoms with E-state index in [1.54, 1.807) is 16.9 Å². The van der Waals surface area contributed by atoms with Crippen LogP contribution in [0.15, 0.2) is 29.1 Å². The van der Waals surface area contributed by atoms with Crippen molar-refractivity contribution in [2.45, 2.75) is 13.8 Å². The highest BCUT2D eigenvalue weighted by Gasteiger charge is 2.28. The number of ether oxygens (including phenoxy) is 1. The first-order valence-corrected chi connectivity index (χ1v) is 8.70. The summed E-state index contributed by atoms with van der Waals surface area (Å²) in [7, 11) is 1.55. The van der Waals surface area contributed by atoms with Crippen molar-refractivity contribution >= 4 is 11.8 Å². The van der Waals surface area contributed by atoms with Gasteiger partial charge in [-0.15, -0.1) is 0 Å². The Hall–Kier alpha value is -3.16. The van der Waals surface area contributed by atoms with Crippen LogP contribution in [0, 0.1) is 13.8 Å². The van der Waals surface area contributed by atoms with Crippen LogP contribution in [-0.2, 0) is 0 Å². The molecule has 0 atom stereocenters. The predicted molar refractivity (Wildman–Crippen MR) is 99.1 cm³/mol. The zero-order valence-corrected chi connectivity index (χ0v) is 15.6. The lowest BCUT2D eigenvalue weighted by atomic mass is 10.0. The number of amides is 2. The Bertz CT molecular complexity index is 909. The molecular weight excluding hydrogens is 348 g/mol. The Labute approximate surface area is 156 Å². The topological polar surface area (TPSA) is 95.6 Å². The predicted octanol–water partition coefficient (Wildman–Crippen LogP) is 0.994. The lowest BCUT2D eigenvalue weighted by Gasteiger charge is -2.35. The first-order valence-electron chi connectivity index (χ1n) is 8.70. The smallest absolute Gasteiger partial charge is 0.274 e. The molecule has 27 heavy (non-hydrogen) atoms. The molecule has 0 radical (unpaired) electrons. The quantitative estimate of drug-likeness (QED) is 0.869. The van der Waals surface area contributed by atoms with Crippen LogP contribution in [0.3, 0.4) is 0 Å². The molecule has 3 rings (SSSR count). The Balaban J connectivity index is 1.71. The molecule has 8 nitrogen and oxygen atoms in total. The van der Waals surface area contributed by atoms with Crippen LogP contribution in [0.5, 0.6) is 5.75 Å². The molecule has 1 aromatic heterocycles. The zero-order valence-electron chi connectivity index (χ0n) is 15.6. The van der Waals surface area contributed by atoms with Crippen LogP contribution >= 0.6 is 0 Å². The standard InChI is InChI=1S/C19H22N4O4/c1-12-10-13(2)17(15(11-12)27-3)19(26)23-8-6-22(7-9-23)18(25)14-4-5-16(24)21-20-14/h4-5,10-11H,6-9H2,1-3H3,(H,21,24). The molecule has 0 spiro atoms. The summed E-state index contributed by atoms with van der Waals surface area (Å²) in [6.45, 7) is 5.50. The second-order valence-electron chi connectivity index (χ2n) is 6.55. The van der Waals surface area contributed by atoms with Gasteiger partial charge < -0.3 is 14.5 Å². The Kier molecular flexibility index (Phi) is 5.25. The van der Waals surface area contributed by atoms with Crippen molar-refractivity contribution in [2.24, 2.45) is 0 Å². The van der Waals surface area contributed by atoms with E-state index in [0.717, 1.165) is 11.1 Å². The number of nitrogens with zero attached hydrogens (tertiary/aromatic N) is 3. The van der Waals surface area contributed by atoms with Gasteiger partial charge in [0, 0.05) is 32.2 Å². The minimum absolute atomic E-state index is 0.0985. The second-order valence-corrected chi connectivity index (χ2v) is 6.55. The van der Waals surface area contributed by atoms with Crippen LogP contribution in [0.2, 0.25) is 0 Å². The molecule has 1 fully saturated rings. The van der Waals surface area contributed by atoms with Gasteiger partial charge in [0.2, 0.25) is 0 Å². The molecule has 2 amide bonds. The van der Waals surface area contributed by atoms with E-state index in [0.29, 0.717) is 37.5 Å². The fourth-order valence-electron chi connectivity index (χ4n) is 3.26. The third kappa shape index (κ3) is 3.84. The van der Waals surface area contributed by atoms with Gasteiger partial charge in [0.25, 0.3) is 17.4 Å². The van der Waals surface area contributed by atoms with Crippen molar-refractivity contribution in [3.63, 3.8) is 0 Å². The lowest BCUT2D eigenvalue weighted by Crippen LogP contribution is -2.51. The minimum atomic E-state index is -0.357. The fourth-order valence-corrected chi connectivity index (χ4v) is 3.26. The van der Waals surface area contributed by atoms with Crippen molar-refractivity contribution in [3.8, 4) is 5.75 Å². The Morgan fingerprint density at radius 2 is 1.67 bits per heavy atom. The van der Waals surface area contributed by atoms with Gasteiger partial charge in [-0.3, -0.25) is 14.4 Å². The summed E-state index contributed by atoms with van der Waals surface area (Å²) in [6.07, 6.45) is 0. The number of piperazine rings is 1. The van der Waals surface area contributed by atoms with E-state index in [4.69, 9.17) is 4.74 Å². The van der Waals surface area contributed by atoms with Gasteiger partial charge in [-0.25, -0.2) is 5.10 Å². The zero-order chi connectivity index (χ0) is 19.6. The van der Waals surface area contributed by atoms with Crippen LogP contribution in [-0.4, -0.2) is 65.1 Å². The summed E-state index contributed by atoms with van der Waals surface area (Å²) in [6, 6.07) is 6.48. The van der Waals surface area contributed by atoms with Gasteiger partial charge in [-0.2, -0.15) is 5.10 Å². The summed E-state index contributed by atoms with van der Waals surface area (Å²) < 4.78 is 5.40. The van der Waals surface area contributed by atoms with E-state index >= 15 is 0 Å². The number of hydrogen-bond acceptors (Lipinski definition) is 5. The van der Waals surface area contributed by atoms with E-state index in [-0.39, 0.29) is 23.1 Å². The highest BCUT2D eigenvalue weighted by molar-refractivity contribution is 5.99. The van der Waals surface area contributed by atoms with E-state index in [2.05, 4.69) is 10.2 Å². The van der Waals surface area contributed by atoms with Crippen molar-refractivity contribution in [1.82, 2.24) is 20.0 Å². The average Bonchev–Trinajstić information content (AvgIpc) is 2.67. The normalized spacial score (nSPS) is 14.2. The van der Waals surface area contributed by atoms with E-state index < -0.39 is 0 Å². The molecule has 8 heteroatoms. The number of hydrogen-bond donors (Lipinski definition) is 1. The fraction of sp³-hybridized carbons (Fsp3) is 0.368. The molecule has 2 aromatic rings. The highest BCUT2D eigenvalue weighted by atomic mass is 16.5. The highest BCUT2D eigenvalue weighted by Crippen LogP contribution is 2.26. The van der Waals surface area contributed by atoms with Crippen LogP contribution < -0.4 is 10.3 Å². The molecule has 1 aliphatic heterocycles. The van der Waals surface area contributed by atoms with E-state index in [1.165, 1.54) is 12.1 Å². The maximum Gasteiger partial charge on any atom is 0.274 e. The first kappa shape index (κ1) is 18.6. The van der Waals surface area contributed by atoms with Crippen molar-refractivity contribution < 1.29 is 14.3 Å². The SMILES string of the molecule is COc1cc(C)cc(C)c1C(=O)N1CCN(C(=O)c2ccc(=O)[nH]n2)CC1. The molecule has 0 saturated carbocycles. The average molecular weight is 370 g/mol. The maximum atomic E-state index is 13.0. The van der Waals surface area contributed by atoms with Gasteiger partial charge in [-0.05, 0) is 37.1 Å². The number of aryl methyl sites for hydroxylation is 2. The summed E-state index contributed by atoms with van der Waals surface area (Å²) >= 11 is 0. The summed E-state index contributed by atoms with van der Waals surface area (Å²) in [5.74, 6) is 0.203. The maximum absolute atomic E-state index is 13.0. The molecule has 1 aromatic carbocycles. The molecule has 0 unspecified atom stereocenters. The molecule has 1 N–H and O–H groups in total. The number of carbonyl (C=O) groups excluding carboxylic acids is 2. The van der Waals surface area contributed by atoms with Crippen molar-refractivity contribution in [1.29, 1.82) is 0 Å². The number of carbonyl (C=O) groups is 2. The Morgan fingerprint density at radius 3 is 2.22 bits per heavy atom. The van der Waals surface area contributed by atoms with Crippen LogP contribution in [0.4, 0.5) is 0 Å². The number of rotatable bonds is 3. The van der Waals surface area contributed by atoms with Gasteiger partial charge in [0.1, 0.15) is 11.4 Å². The van der Waals surface area contributed by atoms with Gasteiger partial charge in [-0.1, -0.05) is 6.07 Å². The van der Waals surface area contributed by atoms with Crippen LogP contribution in [0.25, 0.3) is 0 Å². The van der Waals surface area contributed by atoms with Gasteiger partial charge in [0.15, 0.2) is 0 Å². The minimum Gasteiger partial charge on any atom is -0.496 e. The summed E-state index contributed by atoms with van der Waals surface area (Å²) in [5, 5.41) is 6.03. The van der Waals surface area contributed by atoms with E-state index in [9.17, 15) is 14.4 Å². The molecule has 1 saturated heterocycles. The molecule has 0 aliphatic carbocycles. The summed E-state index contributed by atoms with van der Waals surface area (Å²) in [5.41, 5.74) is 2.29.